The van der Waals surface area contributed by atoms with Crippen LogP contribution in [-0.4, -0.2) is 9.55 Å². The molecule has 0 spiro atoms. The topological polar surface area (TPSA) is 37.8 Å². The molecule has 2 aromatic carbocycles. The summed E-state index contributed by atoms with van der Waals surface area (Å²) < 4.78 is 1.88. The van der Waals surface area contributed by atoms with E-state index in [1.807, 2.05) is 4.57 Å². The van der Waals surface area contributed by atoms with Gasteiger partial charge in [-0.05, 0) is 40.7 Å². The molecule has 0 saturated carbocycles. The van der Waals surface area contributed by atoms with E-state index in [0.717, 1.165) is 29.6 Å². The maximum absolute atomic E-state index is 12.4. The minimum absolute atomic E-state index is 0.000669. The Morgan fingerprint density at radius 2 is 1.56 bits per heavy atom. The molecule has 3 heteroatoms. The second-order valence-electron chi connectivity index (χ2n) is 8.56. The SMILES string of the molecule is CCCCCCCn1c(=O)[nH]c2cc(-c3ccc(C(C)(C)C)cc3)ccc21. The predicted octanol–water partition coefficient (Wildman–Crippen LogP) is 6.26. The second-order valence-corrected chi connectivity index (χ2v) is 8.56. The molecule has 1 N–H and O–H groups in total. The van der Waals surface area contributed by atoms with Crippen molar-refractivity contribution in [1.82, 2.24) is 9.55 Å². The lowest BCUT2D eigenvalue weighted by molar-refractivity contribution is 0.567. The maximum Gasteiger partial charge on any atom is 0.326 e. The van der Waals surface area contributed by atoms with Gasteiger partial charge in [0, 0.05) is 6.54 Å². The zero-order chi connectivity index (χ0) is 19.4. The highest BCUT2D eigenvalue weighted by Crippen LogP contribution is 2.27. The Hall–Kier alpha value is -2.29. The number of rotatable bonds is 7. The van der Waals surface area contributed by atoms with E-state index in [1.165, 1.54) is 36.8 Å². The summed E-state index contributed by atoms with van der Waals surface area (Å²) in [6.07, 6.45) is 6.02. The Labute approximate surface area is 162 Å². The van der Waals surface area contributed by atoms with Crippen molar-refractivity contribution in [2.45, 2.75) is 71.8 Å². The third kappa shape index (κ3) is 4.52. The molecule has 0 radical (unpaired) electrons. The molecule has 1 aromatic heterocycles. The molecule has 0 unspecified atom stereocenters. The fourth-order valence-corrected chi connectivity index (χ4v) is 3.60. The monoisotopic (exact) mass is 364 g/mol. The van der Waals surface area contributed by atoms with Crippen molar-refractivity contribution in [3.8, 4) is 11.1 Å². The van der Waals surface area contributed by atoms with E-state index < -0.39 is 0 Å². The van der Waals surface area contributed by atoms with Crippen LogP contribution in [0.5, 0.6) is 0 Å². The van der Waals surface area contributed by atoms with E-state index in [2.05, 4.69) is 75.1 Å². The zero-order valence-electron chi connectivity index (χ0n) is 17.1. The number of aromatic nitrogens is 2. The molecule has 0 aliphatic carbocycles. The molecule has 0 saturated heterocycles. The first-order valence-corrected chi connectivity index (χ1v) is 10.2. The summed E-state index contributed by atoms with van der Waals surface area (Å²) in [5.74, 6) is 0. The molecule has 3 aromatic rings. The first kappa shape index (κ1) is 19.5. The van der Waals surface area contributed by atoms with Crippen molar-refractivity contribution in [3.05, 3.63) is 58.5 Å². The first-order valence-electron chi connectivity index (χ1n) is 10.2. The number of nitrogens with one attached hydrogen (secondary N) is 1. The van der Waals surface area contributed by atoms with Crippen molar-refractivity contribution >= 4 is 11.0 Å². The number of H-pyrrole nitrogens is 1. The molecule has 3 rings (SSSR count). The molecule has 1 heterocycles. The van der Waals surface area contributed by atoms with Gasteiger partial charge in [0.25, 0.3) is 0 Å². The fourth-order valence-electron chi connectivity index (χ4n) is 3.60. The number of fused-ring (bicyclic) bond motifs is 1. The van der Waals surface area contributed by atoms with Gasteiger partial charge >= 0.3 is 5.69 Å². The summed E-state index contributed by atoms with van der Waals surface area (Å²) in [6, 6.07) is 15.0. The van der Waals surface area contributed by atoms with Crippen LogP contribution in [0.3, 0.4) is 0 Å². The van der Waals surface area contributed by atoms with Crippen molar-refractivity contribution < 1.29 is 0 Å². The molecule has 0 aliphatic heterocycles. The van der Waals surface area contributed by atoms with Gasteiger partial charge in [0.2, 0.25) is 0 Å². The number of imidazole rings is 1. The normalized spacial score (nSPS) is 12.0. The van der Waals surface area contributed by atoms with Crippen LogP contribution in [-0.2, 0) is 12.0 Å². The number of unbranched alkanes of at least 4 members (excludes halogenated alkanes) is 4. The van der Waals surface area contributed by atoms with E-state index in [1.54, 1.807) is 0 Å². The van der Waals surface area contributed by atoms with Crippen LogP contribution in [0.25, 0.3) is 22.2 Å². The van der Waals surface area contributed by atoms with Crippen LogP contribution >= 0.6 is 0 Å². The highest BCUT2D eigenvalue weighted by atomic mass is 16.1. The van der Waals surface area contributed by atoms with E-state index in [9.17, 15) is 4.79 Å². The van der Waals surface area contributed by atoms with Crippen LogP contribution < -0.4 is 5.69 Å². The summed E-state index contributed by atoms with van der Waals surface area (Å²) in [7, 11) is 0. The van der Waals surface area contributed by atoms with Gasteiger partial charge in [-0.25, -0.2) is 4.79 Å². The summed E-state index contributed by atoms with van der Waals surface area (Å²) in [5.41, 5.74) is 5.73. The highest BCUT2D eigenvalue weighted by molar-refractivity contribution is 5.82. The predicted molar refractivity (Wildman–Crippen MR) is 115 cm³/mol. The van der Waals surface area contributed by atoms with Gasteiger partial charge in [0.05, 0.1) is 11.0 Å². The van der Waals surface area contributed by atoms with Gasteiger partial charge in [-0.15, -0.1) is 0 Å². The van der Waals surface area contributed by atoms with Crippen molar-refractivity contribution in [3.63, 3.8) is 0 Å². The molecule has 0 fully saturated rings. The number of hydrogen-bond acceptors (Lipinski definition) is 1. The average molecular weight is 365 g/mol. The summed E-state index contributed by atoms with van der Waals surface area (Å²) in [5, 5.41) is 0. The van der Waals surface area contributed by atoms with Crippen LogP contribution in [0.2, 0.25) is 0 Å². The molecule has 0 bridgehead atoms. The quantitative estimate of drug-likeness (QED) is 0.493. The fraction of sp³-hybridized carbons (Fsp3) is 0.458. The zero-order valence-corrected chi connectivity index (χ0v) is 17.1. The van der Waals surface area contributed by atoms with Gasteiger partial charge in [-0.1, -0.05) is 83.7 Å². The maximum atomic E-state index is 12.4. The summed E-state index contributed by atoms with van der Waals surface area (Å²) in [4.78, 5) is 15.4. The average Bonchev–Trinajstić information content (AvgIpc) is 2.95. The number of aromatic amines is 1. The van der Waals surface area contributed by atoms with Gasteiger partial charge in [0.1, 0.15) is 0 Å². The van der Waals surface area contributed by atoms with Crippen molar-refractivity contribution in [2.24, 2.45) is 0 Å². The van der Waals surface area contributed by atoms with E-state index in [4.69, 9.17) is 0 Å². The molecule has 144 valence electrons. The van der Waals surface area contributed by atoms with Crippen molar-refractivity contribution in [1.29, 1.82) is 0 Å². The second kappa shape index (κ2) is 8.16. The molecule has 0 amide bonds. The third-order valence-corrected chi connectivity index (χ3v) is 5.34. The Kier molecular flexibility index (Phi) is 5.88. The van der Waals surface area contributed by atoms with Gasteiger partial charge in [0.15, 0.2) is 0 Å². The van der Waals surface area contributed by atoms with E-state index in [-0.39, 0.29) is 11.1 Å². The number of nitrogens with zero attached hydrogens (tertiary/aromatic N) is 1. The van der Waals surface area contributed by atoms with Crippen LogP contribution in [0.15, 0.2) is 47.3 Å². The lowest BCUT2D eigenvalue weighted by Crippen LogP contribution is -2.16. The summed E-state index contributed by atoms with van der Waals surface area (Å²) >= 11 is 0. The van der Waals surface area contributed by atoms with E-state index in [0.29, 0.717) is 0 Å². The molecule has 27 heavy (non-hydrogen) atoms. The van der Waals surface area contributed by atoms with Gasteiger partial charge in [-0.3, -0.25) is 4.57 Å². The van der Waals surface area contributed by atoms with Gasteiger partial charge in [-0.2, -0.15) is 0 Å². The largest absolute Gasteiger partial charge is 0.326 e. The Morgan fingerprint density at radius 1 is 0.889 bits per heavy atom. The van der Waals surface area contributed by atoms with Crippen molar-refractivity contribution in [2.75, 3.05) is 0 Å². The molecule has 3 nitrogen and oxygen atoms in total. The number of aryl methyl sites for hydroxylation is 1. The molecule has 0 aliphatic rings. The Balaban J connectivity index is 1.81. The lowest BCUT2D eigenvalue weighted by Gasteiger charge is -2.19. The third-order valence-electron chi connectivity index (χ3n) is 5.34. The minimum Gasteiger partial charge on any atom is -0.306 e. The minimum atomic E-state index is 0.000669. The van der Waals surface area contributed by atoms with Gasteiger partial charge < -0.3 is 4.98 Å². The smallest absolute Gasteiger partial charge is 0.306 e. The molecular formula is C24H32N2O. The standard InChI is InChI=1S/C24H32N2O/c1-5-6-7-8-9-16-26-22-15-12-19(17-21(22)25-23(26)27)18-10-13-20(14-11-18)24(2,3)4/h10-15,17H,5-9,16H2,1-4H3,(H,25,27). The molecule has 0 atom stereocenters. The van der Waals surface area contributed by atoms with Crippen LogP contribution in [0.1, 0.15) is 65.4 Å². The Morgan fingerprint density at radius 3 is 2.22 bits per heavy atom. The Bertz CT molecular complexity index is 939. The van der Waals surface area contributed by atoms with Crippen LogP contribution in [0, 0.1) is 0 Å². The summed E-state index contributed by atoms with van der Waals surface area (Å²) in [6.45, 7) is 9.69. The lowest BCUT2D eigenvalue weighted by atomic mass is 9.86. The van der Waals surface area contributed by atoms with Crippen LogP contribution in [0.4, 0.5) is 0 Å². The highest BCUT2D eigenvalue weighted by Gasteiger charge is 2.13. The molecular weight excluding hydrogens is 332 g/mol. The number of hydrogen-bond donors (Lipinski definition) is 1. The van der Waals surface area contributed by atoms with E-state index >= 15 is 0 Å². The first-order chi connectivity index (χ1) is 12.9. The number of benzene rings is 2.